The van der Waals surface area contributed by atoms with E-state index >= 15 is 0 Å². The third kappa shape index (κ3) is 4.44. The van der Waals surface area contributed by atoms with Gasteiger partial charge in [0, 0.05) is 32.4 Å². The summed E-state index contributed by atoms with van der Waals surface area (Å²) in [6, 6.07) is 12.4. The van der Waals surface area contributed by atoms with E-state index in [-0.39, 0.29) is 42.9 Å². The van der Waals surface area contributed by atoms with Crippen LogP contribution in [0.3, 0.4) is 0 Å². The Balaban J connectivity index is 0.00000128. The lowest BCUT2D eigenvalue weighted by molar-refractivity contribution is 0.0176. The van der Waals surface area contributed by atoms with Gasteiger partial charge in [-0.15, -0.1) is 24.8 Å². The van der Waals surface area contributed by atoms with Crippen LogP contribution in [0.1, 0.15) is 15.9 Å². The number of rotatable bonds is 4. The summed E-state index contributed by atoms with van der Waals surface area (Å²) in [5.74, 6) is -0.00645. The molecule has 2 aliphatic heterocycles. The number of hydrogen-bond acceptors (Lipinski definition) is 5. The SMILES string of the molecule is Cl.Cl.O=C(c1cnc2c(c1)ncn2CCc1ccccc1)N1C[C@@H]2NCCO[C@H]2C1. The highest BCUT2D eigenvalue weighted by Crippen LogP contribution is 2.20. The van der Waals surface area contributed by atoms with Crippen molar-refractivity contribution in [1.82, 2.24) is 24.8 Å². The molecule has 2 aromatic heterocycles. The molecular weight excluding hydrogens is 425 g/mol. The summed E-state index contributed by atoms with van der Waals surface area (Å²) in [6.07, 6.45) is 4.48. The van der Waals surface area contributed by atoms with Crippen molar-refractivity contribution in [1.29, 1.82) is 0 Å². The molecule has 1 amide bonds. The van der Waals surface area contributed by atoms with E-state index in [1.54, 1.807) is 12.5 Å². The molecule has 0 radical (unpaired) electrons. The first kappa shape index (κ1) is 22.5. The third-order valence-electron chi connectivity index (χ3n) is 5.58. The van der Waals surface area contributed by atoms with Crippen LogP contribution in [0.5, 0.6) is 0 Å². The van der Waals surface area contributed by atoms with E-state index in [2.05, 4.69) is 27.4 Å². The lowest BCUT2D eigenvalue weighted by Crippen LogP contribution is -2.47. The van der Waals surface area contributed by atoms with Crippen LogP contribution in [0.15, 0.2) is 48.9 Å². The Bertz CT molecular complexity index is 983. The second-order valence-electron chi connectivity index (χ2n) is 7.42. The molecule has 9 heteroatoms. The van der Waals surface area contributed by atoms with Gasteiger partial charge in [0.15, 0.2) is 5.65 Å². The Kier molecular flexibility index (Phi) is 7.31. The van der Waals surface area contributed by atoms with Gasteiger partial charge < -0.3 is 19.5 Å². The lowest BCUT2D eigenvalue weighted by Gasteiger charge is -2.25. The Morgan fingerprint density at radius 3 is 2.80 bits per heavy atom. The minimum atomic E-state index is -0.00645. The zero-order valence-corrected chi connectivity index (χ0v) is 18.1. The molecule has 5 rings (SSSR count). The number of morpholine rings is 1. The molecule has 4 heterocycles. The van der Waals surface area contributed by atoms with E-state index in [0.717, 1.165) is 30.7 Å². The Labute approximate surface area is 187 Å². The maximum absolute atomic E-state index is 12.9. The van der Waals surface area contributed by atoms with Crippen LogP contribution in [0.2, 0.25) is 0 Å². The minimum Gasteiger partial charge on any atom is -0.373 e. The van der Waals surface area contributed by atoms with Crippen molar-refractivity contribution >= 4 is 41.9 Å². The number of aryl methyl sites for hydroxylation is 2. The summed E-state index contributed by atoms with van der Waals surface area (Å²) in [5, 5.41) is 3.43. The number of nitrogens with one attached hydrogen (secondary N) is 1. The number of carbonyl (C=O) groups excluding carboxylic acids is 1. The number of nitrogens with zero attached hydrogens (tertiary/aromatic N) is 4. The number of ether oxygens (including phenoxy) is 1. The third-order valence-corrected chi connectivity index (χ3v) is 5.58. The maximum atomic E-state index is 12.9. The maximum Gasteiger partial charge on any atom is 0.255 e. The average Bonchev–Trinajstić information content (AvgIpc) is 3.36. The molecule has 30 heavy (non-hydrogen) atoms. The van der Waals surface area contributed by atoms with Gasteiger partial charge in [0.2, 0.25) is 0 Å². The molecule has 0 saturated carbocycles. The Hall–Kier alpha value is -2.19. The highest BCUT2D eigenvalue weighted by Gasteiger charge is 2.37. The van der Waals surface area contributed by atoms with Crippen LogP contribution in [0.4, 0.5) is 0 Å². The molecule has 1 aromatic carbocycles. The average molecular weight is 450 g/mol. The molecule has 3 aromatic rings. The van der Waals surface area contributed by atoms with Crippen molar-refractivity contribution in [3.8, 4) is 0 Å². The quantitative estimate of drug-likeness (QED) is 0.661. The first-order chi connectivity index (χ1) is 13.8. The molecular formula is C21H25Cl2N5O2. The molecule has 1 N–H and O–H groups in total. The molecule has 2 atom stereocenters. The summed E-state index contributed by atoms with van der Waals surface area (Å²) < 4.78 is 7.81. The molecule has 0 unspecified atom stereocenters. The van der Waals surface area contributed by atoms with Gasteiger partial charge in [-0.1, -0.05) is 30.3 Å². The van der Waals surface area contributed by atoms with Gasteiger partial charge >= 0.3 is 0 Å². The number of pyridine rings is 1. The van der Waals surface area contributed by atoms with Gasteiger partial charge in [0.25, 0.3) is 5.91 Å². The van der Waals surface area contributed by atoms with Gasteiger partial charge in [-0.25, -0.2) is 9.97 Å². The number of benzene rings is 1. The normalized spacial score (nSPS) is 20.3. The van der Waals surface area contributed by atoms with Gasteiger partial charge in [0.05, 0.1) is 30.6 Å². The fourth-order valence-electron chi connectivity index (χ4n) is 4.07. The van der Waals surface area contributed by atoms with Crippen molar-refractivity contribution in [3.05, 3.63) is 60.0 Å². The van der Waals surface area contributed by atoms with Crippen molar-refractivity contribution in [2.24, 2.45) is 0 Å². The standard InChI is InChI=1S/C21H23N5O2.2ClH/c27-21(26-12-18-19(13-26)28-9-7-22-18)16-10-17-20(23-11-16)25(14-24-17)8-6-15-4-2-1-3-5-15;;/h1-5,10-11,14,18-19,22H,6-9,12-13H2;2*1H/t18-,19-;;/m0../s1. The van der Waals surface area contributed by atoms with Crippen LogP contribution >= 0.6 is 24.8 Å². The summed E-state index contributed by atoms with van der Waals surface area (Å²) in [4.78, 5) is 23.8. The van der Waals surface area contributed by atoms with Gasteiger partial charge in [-0.05, 0) is 18.1 Å². The number of hydrogen-bond donors (Lipinski definition) is 1. The van der Waals surface area contributed by atoms with E-state index in [1.165, 1.54) is 5.56 Å². The van der Waals surface area contributed by atoms with Crippen LogP contribution < -0.4 is 5.32 Å². The number of halogens is 2. The Morgan fingerprint density at radius 1 is 1.17 bits per heavy atom. The van der Waals surface area contributed by atoms with Gasteiger partial charge in [-0.3, -0.25) is 4.79 Å². The molecule has 160 valence electrons. The fraction of sp³-hybridized carbons (Fsp3) is 0.381. The number of imidazole rings is 1. The number of amides is 1. The molecule has 0 spiro atoms. The van der Waals surface area contributed by atoms with Crippen LogP contribution in [-0.4, -0.2) is 63.7 Å². The zero-order valence-electron chi connectivity index (χ0n) is 16.4. The summed E-state index contributed by atoms with van der Waals surface area (Å²) >= 11 is 0. The predicted molar refractivity (Wildman–Crippen MR) is 120 cm³/mol. The second kappa shape index (κ2) is 9.75. The highest BCUT2D eigenvalue weighted by molar-refractivity contribution is 5.96. The summed E-state index contributed by atoms with van der Waals surface area (Å²) in [5.41, 5.74) is 3.43. The van der Waals surface area contributed by atoms with Crippen LogP contribution in [-0.2, 0) is 17.7 Å². The molecule has 2 saturated heterocycles. The number of carbonyl (C=O) groups is 1. The van der Waals surface area contributed by atoms with E-state index < -0.39 is 0 Å². The summed E-state index contributed by atoms with van der Waals surface area (Å²) in [7, 11) is 0. The molecule has 2 fully saturated rings. The Morgan fingerprint density at radius 2 is 2.00 bits per heavy atom. The smallest absolute Gasteiger partial charge is 0.255 e. The zero-order chi connectivity index (χ0) is 18.9. The number of aromatic nitrogens is 3. The minimum absolute atomic E-state index is 0. The highest BCUT2D eigenvalue weighted by atomic mass is 35.5. The molecule has 2 aliphatic rings. The van der Waals surface area contributed by atoms with Crippen molar-refractivity contribution < 1.29 is 9.53 Å². The number of likely N-dealkylation sites (tertiary alicyclic amines) is 1. The van der Waals surface area contributed by atoms with E-state index in [4.69, 9.17) is 4.74 Å². The predicted octanol–water partition coefficient (Wildman–Crippen LogP) is 2.33. The van der Waals surface area contributed by atoms with Crippen molar-refractivity contribution in [2.75, 3.05) is 26.2 Å². The van der Waals surface area contributed by atoms with Crippen LogP contribution in [0.25, 0.3) is 11.2 Å². The molecule has 0 aliphatic carbocycles. The van der Waals surface area contributed by atoms with E-state index in [0.29, 0.717) is 25.3 Å². The number of fused-ring (bicyclic) bond motifs is 2. The lowest BCUT2D eigenvalue weighted by atomic mass is 10.1. The first-order valence-electron chi connectivity index (χ1n) is 9.77. The van der Waals surface area contributed by atoms with Gasteiger partial charge in [0.1, 0.15) is 5.52 Å². The fourth-order valence-corrected chi connectivity index (χ4v) is 4.07. The molecule has 0 bridgehead atoms. The second-order valence-corrected chi connectivity index (χ2v) is 7.42. The van der Waals surface area contributed by atoms with Crippen LogP contribution in [0, 0.1) is 0 Å². The van der Waals surface area contributed by atoms with Gasteiger partial charge in [-0.2, -0.15) is 0 Å². The van der Waals surface area contributed by atoms with Crippen molar-refractivity contribution in [3.63, 3.8) is 0 Å². The molecule has 7 nitrogen and oxygen atoms in total. The first-order valence-corrected chi connectivity index (χ1v) is 9.77. The van der Waals surface area contributed by atoms with Crippen molar-refractivity contribution in [2.45, 2.75) is 25.1 Å². The van der Waals surface area contributed by atoms with E-state index in [9.17, 15) is 4.79 Å². The largest absolute Gasteiger partial charge is 0.373 e. The van der Waals surface area contributed by atoms with E-state index in [1.807, 2.05) is 33.7 Å². The topological polar surface area (TPSA) is 72.3 Å². The monoisotopic (exact) mass is 449 g/mol. The summed E-state index contributed by atoms with van der Waals surface area (Å²) in [6.45, 7) is 3.65.